The lowest BCUT2D eigenvalue weighted by Crippen LogP contribution is -2.00. The molecular formula is C34H40O2. The van der Waals surface area contributed by atoms with E-state index in [9.17, 15) is 5.11 Å². The minimum absolute atomic E-state index is 0.0857. The van der Waals surface area contributed by atoms with Crippen LogP contribution in [0.25, 0.3) is 16.7 Å². The highest BCUT2D eigenvalue weighted by Crippen LogP contribution is 2.34. The quantitative estimate of drug-likeness (QED) is 0.168. The summed E-state index contributed by atoms with van der Waals surface area (Å²) in [5, 5.41) is 9.66. The third-order valence-electron chi connectivity index (χ3n) is 6.62. The number of allylic oxidation sites excluding steroid dienone is 4. The first-order valence-corrected chi connectivity index (χ1v) is 13.0. The molecular weight excluding hydrogens is 440 g/mol. The van der Waals surface area contributed by atoms with Crippen molar-refractivity contribution in [1.82, 2.24) is 0 Å². The van der Waals surface area contributed by atoms with Crippen LogP contribution in [0, 0.1) is 20.8 Å². The van der Waals surface area contributed by atoms with Crippen molar-refractivity contribution < 1.29 is 9.84 Å². The number of aliphatic hydroxyl groups excluding tert-OH is 1. The second-order valence-corrected chi connectivity index (χ2v) is 9.50. The van der Waals surface area contributed by atoms with Crippen LogP contribution in [0.3, 0.4) is 0 Å². The average molecular weight is 481 g/mol. The monoisotopic (exact) mass is 480 g/mol. The van der Waals surface area contributed by atoms with Gasteiger partial charge in [-0.05, 0) is 122 Å². The molecule has 0 heterocycles. The Bertz CT molecular complexity index is 1220. The Balaban J connectivity index is 1.79. The zero-order chi connectivity index (χ0) is 26.1. The van der Waals surface area contributed by atoms with Crippen molar-refractivity contribution in [2.75, 3.05) is 6.61 Å². The molecule has 0 unspecified atom stereocenters. The van der Waals surface area contributed by atoms with Gasteiger partial charge in [-0.1, -0.05) is 68.1 Å². The van der Waals surface area contributed by atoms with Gasteiger partial charge in [0.1, 0.15) is 11.5 Å². The molecule has 0 aliphatic carbocycles. The van der Waals surface area contributed by atoms with Crippen LogP contribution >= 0.6 is 0 Å². The molecule has 0 saturated heterocycles. The van der Waals surface area contributed by atoms with Gasteiger partial charge in [-0.3, -0.25) is 0 Å². The van der Waals surface area contributed by atoms with Gasteiger partial charge in [0.2, 0.25) is 0 Å². The van der Waals surface area contributed by atoms with Crippen molar-refractivity contribution in [3.8, 4) is 16.9 Å². The molecule has 0 bridgehead atoms. The lowest BCUT2D eigenvalue weighted by Gasteiger charge is -2.17. The molecule has 0 aromatic heterocycles. The van der Waals surface area contributed by atoms with E-state index in [0.29, 0.717) is 0 Å². The number of rotatable bonds is 11. The van der Waals surface area contributed by atoms with Crippen LogP contribution in [0.4, 0.5) is 0 Å². The van der Waals surface area contributed by atoms with Crippen LogP contribution < -0.4 is 4.74 Å². The van der Waals surface area contributed by atoms with Crippen LogP contribution in [-0.4, -0.2) is 11.7 Å². The molecule has 188 valence electrons. The maximum atomic E-state index is 9.66. The number of aliphatic hydroxyl groups is 1. The minimum atomic E-state index is 0.0857. The summed E-state index contributed by atoms with van der Waals surface area (Å²) in [6.45, 7) is 15.1. The summed E-state index contributed by atoms with van der Waals surface area (Å²) in [6.07, 6.45) is 9.61. The molecule has 1 N–H and O–H groups in total. The van der Waals surface area contributed by atoms with Gasteiger partial charge < -0.3 is 9.84 Å². The zero-order valence-corrected chi connectivity index (χ0v) is 22.5. The van der Waals surface area contributed by atoms with Crippen molar-refractivity contribution >= 4 is 5.57 Å². The molecule has 3 aromatic carbocycles. The highest BCUT2D eigenvalue weighted by molar-refractivity contribution is 5.75. The van der Waals surface area contributed by atoms with E-state index in [2.05, 4.69) is 94.9 Å². The first-order valence-electron chi connectivity index (χ1n) is 13.0. The Morgan fingerprint density at radius 3 is 2.28 bits per heavy atom. The molecule has 0 atom stereocenters. The molecule has 0 radical (unpaired) electrons. The van der Waals surface area contributed by atoms with Gasteiger partial charge in [0.05, 0.1) is 6.61 Å². The summed E-state index contributed by atoms with van der Waals surface area (Å²) in [5.41, 5.74) is 11.3. The molecule has 0 aliphatic heterocycles. The Morgan fingerprint density at radius 1 is 0.972 bits per heavy atom. The molecule has 0 fully saturated rings. The Morgan fingerprint density at radius 2 is 1.67 bits per heavy atom. The predicted octanol–water partition coefficient (Wildman–Crippen LogP) is 9.27. The number of benzene rings is 3. The Hall–Kier alpha value is -3.52. The van der Waals surface area contributed by atoms with Gasteiger partial charge >= 0.3 is 0 Å². The summed E-state index contributed by atoms with van der Waals surface area (Å²) >= 11 is 0. The van der Waals surface area contributed by atoms with Gasteiger partial charge in [-0.25, -0.2) is 0 Å². The topological polar surface area (TPSA) is 29.5 Å². The van der Waals surface area contributed by atoms with Crippen molar-refractivity contribution in [3.63, 3.8) is 0 Å². The maximum absolute atomic E-state index is 9.66. The molecule has 2 heteroatoms. The summed E-state index contributed by atoms with van der Waals surface area (Å²) in [6, 6.07) is 19.7. The molecule has 0 saturated carbocycles. The van der Waals surface area contributed by atoms with Crippen LogP contribution in [0.15, 0.2) is 85.2 Å². The number of hydrogen-bond donors (Lipinski definition) is 1. The van der Waals surface area contributed by atoms with Gasteiger partial charge in [0, 0.05) is 0 Å². The van der Waals surface area contributed by atoms with Crippen LogP contribution in [0.5, 0.6) is 5.75 Å². The highest BCUT2D eigenvalue weighted by Gasteiger charge is 2.13. The smallest absolute Gasteiger partial charge is 0.119 e. The number of ether oxygens (including phenoxy) is 1. The first kappa shape index (κ1) is 27.1. The molecule has 2 nitrogen and oxygen atoms in total. The molecule has 3 aromatic rings. The van der Waals surface area contributed by atoms with Crippen LogP contribution in [-0.2, 0) is 12.8 Å². The van der Waals surface area contributed by atoms with Gasteiger partial charge in [0.15, 0.2) is 0 Å². The maximum Gasteiger partial charge on any atom is 0.119 e. The lowest BCUT2D eigenvalue weighted by molar-refractivity contribution is 0.317. The fourth-order valence-electron chi connectivity index (χ4n) is 4.75. The number of aryl methyl sites for hydroxylation is 4. The Labute approximate surface area is 217 Å². The fourth-order valence-corrected chi connectivity index (χ4v) is 4.75. The van der Waals surface area contributed by atoms with E-state index in [-0.39, 0.29) is 5.76 Å². The van der Waals surface area contributed by atoms with E-state index in [0.717, 1.165) is 49.2 Å². The van der Waals surface area contributed by atoms with Crippen molar-refractivity contribution in [2.24, 2.45) is 0 Å². The third kappa shape index (κ3) is 7.01. The summed E-state index contributed by atoms with van der Waals surface area (Å²) in [5.74, 6) is 1.04. The van der Waals surface area contributed by atoms with Crippen LogP contribution in [0.2, 0.25) is 0 Å². The standard InChI is InChI=1S/C34H40O2/c1-7-9-11-31(23-26(5)35)30-18-15-28(16-19-30)14-17-29-12-10-13-33(27(29)6)34-24(3)21-32(22-25(34)4)36-20-8-2/h7,9-10,12-13,15-16,18-19,21-23,35H,5,8,11,14,17,20H2,1-4,6H3/b9-7+,31-23+. The SMILES string of the molecule is C=C(O)/C=C(\C/C=C/C)c1ccc(CCc2cccc(-c3c(C)cc(OCCC)cc3C)c2C)cc1. The Kier molecular flexibility index (Phi) is 9.76. The molecule has 0 amide bonds. The van der Waals surface area contributed by atoms with E-state index in [1.165, 1.54) is 38.9 Å². The normalized spacial score (nSPS) is 11.8. The summed E-state index contributed by atoms with van der Waals surface area (Å²) < 4.78 is 5.89. The van der Waals surface area contributed by atoms with E-state index in [1.54, 1.807) is 6.08 Å². The number of hydrogen-bond acceptors (Lipinski definition) is 2. The van der Waals surface area contributed by atoms with E-state index >= 15 is 0 Å². The van der Waals surface area contributed by atoms with E-state index < -0.39 is 0 Å². The lowest BCUT2D eigenvalue weighted by atomic mass is 9.89. The summed E-state index contributed by atoms with van der Waals surface area (Å²) in [7, 11) is 0. The second kappa shape index (κ2) is 13.0. The predicted molar refractivity (Wildman–Crippen MR) is 155 cm³/mol. The van der Waals surface area contributed by atoms with Crippen LogP contribution in [0.1, 0.15) is 60.1 Å². The molecule has 36 heavy (non-hydrogen) atoms. The van der Waals surface area contributed by atoms with Crippen molar-refractivity contribution in [2.45, 2.75) is 60.3 Å². The molecule has 3 rings (SSSR count). The van der Waals surface area contributed by atoms with Gasteiger partial charge in [0.25, 0.3) is 0 Å². The second-order valence-electron chi connectivity index (χ2n) is 9.50. The third-order valence-corrected chi connectivity index (χ3v) is 6.62. The fraction of sp³-hybridized carbons (Fsp3) is 0.294. The van der Waals surface area contributed by atoms with E-state index in [4.69, 9.17) is 4.74 Å². The van der Waals surface area contributed by atoms with Gasteiger partial charge in [-0.15, -0.1) is 0 Å². The summed E-state index contributed by atoms with van der Waals surface area (Å²) in [4.78, 5) is 0. The largest absolute Gasteiger partial charge is 0.509 e. The minimum Gasteiger partial charge on any atom is -0.509 e. The first-order chi connectivity index (χ1) is 17.3. The van der Waals surface area contributed by atoms with Crippen molar-refractivity contribution in [3.05, 3.63) is 119 Å². The zero-order valence-electron chi connectivity index (χ0n) is 22.5. The van der Waals surface area contributed by atoms with Crippen molar-refractivity contribution in [1.29, 1.82) is 0 Å². The van der Waals surface area contributed by atoms with E-state index in [1.807, 2.05) is 13.0 Å². The average Bonchev–Trinajstić information content (AvgIpc) is 2.85. The highest BCUT2D eigenvalue weighted by atomic mass is 16.5. The van der Waals surface area contributed by atoms with Gasteiger partial charge in [-0.2, -0.15) is 0 Å². The molecule has 0 spiro atoms. The molecule has 0 aliphatic rings.